The van der Waals surface area contributed by atoms with Crippen molar-refractivity contribution in [2.75, 3.05) is 14.2 Å². The van der Waals surface area contributed by atoms with Crippen LogP contribution in [0.5, 0.6) is 5.75 Å². The Balaban J connectivity index is 2.39. The van der Waals surface area contributed by atoms with Gasteiger partial charge in [0.1, 0.15) is 11.5 Å². The standard InChI is InChI=1S/C13H14N2O4/c1-14-8-10-4-6-12(19-10)9-3-5-13(18-2)11(7-9)15(16)17/h3-7,14H,8H2,1-2H3. The Morgan fingerprint density at radius 3 is 2.79 bits per heavy atom. The minimum atomic E-state index is -0.472. The molecule has 1 N–H and O–H groups in total. The highest BCUT2D eigenvalue weighted by Gasteiger charge is 2.17. The molecule has 0 aliphatic carbocycles. The van der Waals surface area contributed by atoms with Crippen LogP contribution in [0.2, 0.25) is 0 Å². The second-order valence-corrected chi connectivity index (χ2v) is 3.94. The Bertz CT molecular complexity index is 592. The molecule has 0 aliphatic rings. The molecule has 0 atom stereocenters. The number of nitro benzene ring substituents is 1. The highest BCUT2D eigenvalue weighted by atomic mass is 16.6. The molecule has 0 spiro atoms. The molecule has 0 aliphatic heterocycles. The molecule has 1 heterocycles. The summed E-state index contributed by atoms with van der Waals surface area (Å²) in [6.07, 6.45) is 0. The first-order valence-electron chi connectivity index (χ1n) is 5.72. The molecule has 0 saturated heterocycles. The van der Waals surface area contributed by atoms with Crippen molar-refractivity contribution in [1.29, 1.82) is 0 Å². The van der Waals surface area contributed by atoms with Crippen molar-refractivity contribution < 1.29 is 14.1 Å². The van der Waals surface area contributed by atoms with Crippen molar-refractivity contribution in [2.45, 2.75) is 6.54 Å². The third-order valence-electron chi connectivity index (χ3n) is 2.67. The summed E-state index contributed by atoms with van der Waals surface area (Å²) in [7, 11) is 3.22. The van der Waals surface area contributed by atoms with Gasteiger partial charge in [0.15, 0.2) is 5.75 Å². The molecule has 2 rings (SSSR count). The van der Waals surface area contributed by atoms with Crippen LogP contribution in [0.15, 0.2) is 34.7 Å². The Kier molecular flexibility index (Phi) is 3.82. The summed E-state index contributed by atoms with van der Waals surface area (Å²) in [6, 6.07) is 8.36. The lowest BCUT2D eigenvalue weighted by atomic mass is 10.1. The summed E-state index contributed by atoms with van der Waals surface area (Å²) in [5.74, 6) is 1.60. The molecule has 0 unspecified atom stereocenters. The fourth-order valence-corrected chi connectivity index (χ4v) is 1.79. The van der Waals surface area contributed by atoms with E-state index < -0.39 is 4.92 Å². The highest BCUT2D eigenvalue weighted by molar-refractivity contribution is 5.65. The summed E-state index contributed by atoms with van der Waals surface area (Å²) in [5.41, 5.74) is 0.571. The van der Waals surface area contributed by atoms with E-state index in [4.69, 9.17) is 9.15 Å². The minimum Gasteiger partial charge on any atom is -0.490 e. The van der Waals surface area contributed by atoms with E-state index in [2.05, 4.69) is 5.32 Å². The average molecular weight is 262 g/mol. The molecule has 1 aromatic heterocycles. The molecular formula is C13H14N2O4. The zero-order valence-electron chi connectivity index (χ0n) is 10.7. The van der Waals surface area contributed by atoms with E-state index in [0.717, 1.165) is 5.76 Å². The number of nitrogens with one attached hydrogen (secondary N) is 1. The van der Waals surface area contributed by atoms with Gasteiger partial charge in [-0.1, -0.05) is 0 Å². The number of hydrogen-bond acceptors (Lipinski definition) is 5. The van der Waals surface area contributed by atoms with Gasteiger partial charge in [-0.15, -0.1) is 0 Å². The third-order valence-corrected chi connectivity index (χ3v) is 2.67. The van der Waals surface area contributed by atoms with Crippen LogP contribution in [0.3, 0.4) is 0 Å². The second-order valence-electron chi connectivity index (χ2n) is 3.94. The van der Waals surface area contributed by atoms with Gasteiger partial charge < -0.3 is 14.5 Å². The van der Waals surface area contributed by atoms with Gasteiger partial charge >= 0.3 is 5.69 Å². The maximum atomic E-state index is 11.0. The van der Waals surface area contributed by atoms with Crippen molar-refractivity contribution >= 4 is 5.69 Å². The lowest BCUT2D eigenvalue weighted by Gasteiger charge is -2.03. The zero-order valence-corrected chi connectivity index (χ0v) is 10.7. The van der Waals surface area contributed by atoms with Crippen molar-refractivity contribution in [3.63, 3.8) is 0 Å². The maximum Gasteiger partial charge on any atom is 0.311 e. The number of furan rings is 1. The number of methoxy groups -OCH3 is 1. The highest BCUT2D eigenvalue weighted by Crippen LogP contribution is 2.32. The van der Waals surface area contributed by atoms with Gasteiger partial charge in [0.2, 0.25) is 0 Å². The van der Waals surface area contributed by atoms with Crippen LogP contribution in [-0.2, 0) is 6.54 Å². The summed E-state index contributed by atoms with van der Waals surface area (Å²) in [6.45, 7) is 0.609. The lowest BCUT2D eigenvalue weighted by molar-refractivity contribution is -0.385. The largest absolute Gasteiger partial charge is 0.490 e. The SMILES string of the molecule is CNCc1ccc(-c2ccc(OC)c([N+](=O)[O-])c2)o1. The number of nitrogens with zero attached hydrogens (tertiary/aromatic N) is 1. The molecule has 0 radical (unpaired) electrons. The molecular weight excluding hydrogens is 248 g/mol. The van der Waals surface area contributed by atoms with Gasteiger partial charge in [-0.3, -0.25) is 10.1 Å². The van der Waals surface area contributed by atoms with Gasteiger partial charge in [0.05, 0.1) is 18.6 Å². The van der Waals surface area contributed by atoms with E-state index >= 15 is 0 Å². The molecule has 1 aromatic carbocycles. The Morgan fingerprint density at radius 1 is 1.37 bits per heavy atom. The molecule has 0 amide bonds. The predicted octanol–water partition coefficient (Wildman–Crippen LogP) is 2.58. The van der Waals surface area contributed by atoms with Gasteiger partial charge in [-0.2, -0.15) is 0 Å². The van der Waals surface area contributed by atoms with E-state index in [0.29, 0.717) is 17.9 Å². The Labute approximate surface area is 110 Å². The summed E-state index contributed by atoms with van der Waals surface area (Å²) in [5, 5.41) is 13.9. The first-order chi connectivity index (χ1) is 9.15. The summed E-state index contributed by atoms with van der Waals surface area (Å²) >= 11 is 0. The number of hydrogen-bond donors (Lipinski definition) is 1. The molecule has 0 bridgehead atoms. The molecule has 0 saturated carbocycles. The summed E-state index contributed by atoms with van der Waals surface area (Å²) in [4.78, 5) is 10.5. The third kappa shape index (κ3) is 2.74. The molecule has 0 fully saturated rings. The Hall–Kier alpha value is -2.34. The fraction of sp³-hybridized carbons (Fsp3) is 0.231. The van der Waals surface area contributed by atoms with E-state index in [-0.39, 0.29) is 11.4 Å². The molecule has 2 aromatic rings. The van der Waals surface area contributed by atoms with Crippen molar-refractivity contribution in [3.8, 4) is 17.1 Å². The van der Waals surface area contributed by atoms with Crippen molar-refractivity contribution in [3.05, 3.63) is 46.2 Å². The van der Waals surface area contributed by atoms with Gasteiger partial charge in [-0.25, -0.2) is 0 Å². The van der Waals surface area contributed by atoms with Crippen molar-refractivity contribution in [2.24, 2.45) is 0 Å². The number of nitro groups is 1. The van der Waals surface area contributed by atoms with Gasteiger partial charge in [0.25, 0.3) is 0 Å². The molecule has 6 heteroatoms. The lowest BCUT2D eigenvalue weighted by Crippen LogP contribution is -2.03. The smallest absolute Gasteiger partial charge is 0.311 e. The van der Waals surface area contributed by atoms with Crippen LogP contribution in [0, 0.1) is 10.1 Å². The fourth-order valence-electron chi connectivity index (χ4n) is 1.79. The van der Waals surface area contributed by atoms with Crippen LogP contribution < -0.4 is 10.1 Å². The number of benzene rings is 1. The maximum absolute atomic E-state index is 11.0. The minimum absolute atomic E-state index is 0.0773. The average Bonchev–Trinajstić information content (AvgIpc) is 2.87. The number of ether oxygens (including phenoxy) is 1. The van der Waals surface area contributed by atoms with Crippen LogP contribution in [-0.4, -0.2) is 19.1 Å². The van der Waals surface area contributed by atoms with E-state index in [9.17, 15) is 10.1 Å². The molecule has 100 valence electrons. The van der Waals surface area contributed by atoms with E-state index in [1.807, 2.05) is 13.1 Å². The van der Waals surface area contributed by atoms with E-state index in [1.165, 1.54) is 13.2 Å². The monoisotopic (exact) mass is 262 g/mol. The van der Waals surface area contributed by atoms with Crippen LogP contribution >= 0.6 is 0 Å². The first kappa shape index (κ1) is 13.1. The molecule has 6 nitrogen and oxygen atoms in total. The normalized spacial score (nSPS) is 10.4. The zero-order chi connectivity index (χ0) is 13.8. The summed E-state index contributed by atoms with van der Waals surface area (Å²) < 4.78 is 10.6. The van der Waals surface area contributed by atoms with Crippen molar-refractivity contribution in [1.82, 2.24) is 5.32 Å². The van der Waals surface area contributed by atoms with Crippen LogP contribution in [0.4, 0.5) is 5.69 Å². The topological polar surface area (TPSA) is 77.5 Å². The second kappa shape index (κ2) is 5.53. The van der Waals surface area contributed by atoms with Crippen LogP contribution in [0.1, 0.15) is 5.76 Å². The first-order valence-corrected chi connectivity index (χ1v) is 5.72. The predicted molar refractivity (Wildman–Crippen MR) is 70.1 cm³/mol. The quantitative estimate of drug-likeness (QED) is 0.662. The van der Waals surface area contributed by atoms with E-state index in [1.54, 1.807) is 18.2 Å². The van der Waals surface area contributed by atoms with Crippen LogP contribution in [0.25, 0.3) is 11.3 Å². The van der Waals surface area contributed by atoms with Gasteiger partial charge in [-0.05, 0) is 31.3 Å². The molecule has 19 heavy (non-hydrogen) atoms. The number of rotatable bonds is 5. The Morgan fingerprint density at radius 2 is 2.16 bits per heavy atom. The van der Waals surface area contributed by atoms with Gasteiger partial charge in [0, 0.05) is 11.6 Å².